The maximum absolute atomic E-state index is 13.3. The zero-order chi connectivity index (χ0) is 20.4. The van der Waals surface area contributed by atoms with Gasteiger partial charge in [0.15, 0.2) is 0 Å². The summed E-state index contributed by atoms with van der Waals surface area (Å²) in [5, 5.41) is 6.06. The second-order valence-electron chi connectivity index (χ2n) is 7.36. The molecule has 0 unspecified atom stereocenters. The molecular formula is C23H22FN3OS. The molecule has 0 fully saturated rings. The van der Waals surface area contributed by atoms with Crippen molar-refractivity contribution in [1.29, 1.82) is 0 Å². The smallest absolute Gasteiger partial charge is 0.260 e. The number of aromatic amines is 1. The van der Waals surface area contributed by atoms with Crippen molar-refractivity contribution < 1.29 is 4.39 Å². The fourth-order valence-corrected chi connectivity index (χ4v) is 4.49. The summed E-state index contributed by atoms with van der Waals surface area (Å²) < 4.78 is 13.3. The van der Waals surface area contributed by atoms with Gasteiger partial charge in [-0.15, -0.1) is 11.3 Å². The average molecular weight is 408 g/mol. The summed E-state index contributed by atoms with van der Waals surface area (Å²) in [7, 11) is 0. The molecule has 6 heteroatoms. The molecule has 4 rings (SSSR count). The van der Waals surface area contributed by atoms with E-state index >= 15 is 0 Å². The van der Waals surface area contributed by atoms with Gasteiger partial charge in [-0.05, 0) is 29.2 Å². The highest BCUT2D eigenvalue weighted by Gasteiger charge is 2.17. The maximum Gasteiger partial charge on any atom is 0.260 e. The average Bonchev–Trinajstić information content (AvgIpc) is 3.14. The Hall–Kier alpha value is -2.83. The number of nitrogens with zero attached hydrogens (tertiary/aromatic N) is 1. The summed E-state index contributed by atoms with van der Waals surface area (Å²) in [5.74, 6) is 0.638. The lowest BCUT2D eigenvalue weighted by molar-refractivity contribution is 0.405. The van der Waals surface area contributed by atoms with Crippen molar-refractivity contribution in [3.05, 3.63) is 87.5 Å². The molecule has 0 aliphatic carbocycles. The fourth-order valence-electron chi connectivity index (χ4n) is 3.52. The van der Waals surface area contributed by atoms with Crippen LogP contribution in [0.1, 0.15) is 31.3 Å². The number of thiophene rings is 1. The lowest BCUT2D eigenvalue weighted by Crippen LogP contribution is -2.27. The van der Waals surface area contributed by atoms with Gasteiger partial charge in [0.2, 0.25) is 0 Å². The molecular weight excluding hydrogens is 385 g/mol. The normalized spacial score (nSPS) is 12.6. The summed E-state index contributed by atoms with van der Waals surface area (Å²) in [4.78, 5) is 21.1. The van der Waals surface area contributed by atoms with Crippen molar-refractivity contribution >= 4 is 21.6 Å². The topological polar surface area (TPSA) is 57.8 Å². The van der Waals surface area contributed by atoms with Crippen LogP contribution >= 0.6 is 11.3 Å². The second kappa shape index (κ2) is 8.27. The molecule has 2 N–H and O–H groups in total. The monoisotopic (exact) mass is 407 g/mol. The summed E-state index contributed by atoms with van der Waals surface area (Å²) in [6, 6.07) is 16.4. The first-order chi connectivity index (χ1) is 14.0. The molecule has 29 heavy (non-hydrogen) atoms. The first kappa shape index (κ1) is 19.5. The van der Waals surface area contributed by atoms with Gasteiger partial charge in [-0.25, -0.2) is 9.37 Å². The number of benzene rings is 2. The zero-order valence-corrected chi connectivity index (χ0v) is 17.1. The van der Waals surface area contributed by atoms with Gasteiger partial charge in [0.1, 0.15) is 16.5 Å². The molecule has 148 valence electrons. The first-order valence-corrected chi connectivity index (χ1v) is 10.5. The van der Waals surface area contributed by atoms with Crippen LogP contribution in [0.4, 0.5) is 4.39 Å². The van der Waals surface area contributed by atoms with Gasteiger partial charge in [-0.2, -0.15) is 0 Å². The molecule has 0 aliphatic rings. The van der Waals surface area contributed by atoms with Crippen LogP contribution in [0.15, 0.2) is 64.8 Å². The van der Waals surface area contributed by atoms with Crippen molar-refractivity contribution in [2.45, 2.75) is 26.4 Å². The van der Waals surface area contributed by atoms with Crippen molar-refractivity contribution in [2.75, 3.05) is 0 Å². The lowest BCUT2D eigenvalue weighted by atomic mass is 9.96. The quantitative estimate of drug-likeness (QED) is 0.457. The predicted octanol–water partition coefficient (Wildman–Crippen LogP) is 5.28. The van der Waals surface area contributed by atoms with Crippen LogP contribution in [0.25, 0.3) is 21.3 Å². The Balaban J connectivity index is 1.60. The maximum atomic E-state index is 13.3. The first-order valence-electron chi connectivity index (χ1n) is 9.57. The SMILES string of the molecule is CC(C)[C@H](NCc1nc2scc(-c3ccccc3)c2c(=O)[nH]1)c1ccc(F)cc1. The van der Waals surface area contributed by atoms with Crippen LogP contribution in [0.5, 0.6) is 0 Å². The molecule has 0 saturated heterocycles. The Bertz CT molecular complexity index is 1170. The summed E-state index contributed by atoms with van der Waals surface area (Å²) in [6.45, 7) is 4.63. The van der Waals surface area contributed by atoms with E-state index < -0.39 is 0 Å². The molecule has 0 aliphatic heterocycles. The van der Waals surface area contributed by atoms with Gasteiger partial charge < -0.3 is 10.3 Å². The summed E-state index contributed by atoms with van der Waals surface area (Å²) in [6.07, 6.45) is 0. The van der Waals surface area contributed by atoms with Crippen LogP contribution in [-0.2, 0) is 6.54 Å². The van der Waals surface area contributed by atoms with Crippen LogP contribution < -0.4 is 10.9 Å². The van der Waals surface area contributed by atoms with Gasteiger partial charge in [-0.1, -0.05) is 56.3 Å². The van der Waals surface area contributed by atoms with E-state index in [4.69, 9.17) is 0 Å². The van der Waals surface area contributed by atoms with Crippen molar-refractivity contribution in [3.8, 4) is 11.1 Å². The third-order valence-corrected chi connectivity index (χ3v) is 5.84. The molecule has 4 nitrogen and oxygen atoms in total. The van der Waals surface area contributed by atoms with Crippen LogP contribution in [0.2, 0.25) is 0 Å². The number of aromatic nitrogens is 2. The molecule has 0 bridgehead atoms. The second-order valence-corrected chi connectivity index (χ2v) is 8.22. The number of fused-ring (bicyclic) bond motifs is 1. The molecule has 1 atom stereocenters. The summed E-state index contributed by atoms with van der Waals surface area (Å²) in [5.41, 5.74) is 2.79. The summed E-state index contributed by atoms with van der Waals surface area (Å²) >= 11 is 1.48. The largest absolute Gasteiger partial charge is 0.309 e. The van der Waals surface area contributed by atoms with Gasteiger partial charge >= 0.3 is 0 Å². The van der Waals surface area contributed by atoms with E-state index in [0.29, 0.717) is 23.7 Å². The van der Waals surface area contributed by atoms with E-state index in [-0.39, 0.29) is 17.4 Å². The van der Waals surface area contributed by atoms with E-state index in [0.717, 1.165) is 21.5 Å². The Kier molecular flexibility index (Phi) is 5.56. The standard InChI is InChI=1S/C23H22FN3OS/c1-14(2)21(16-8-10-17(24)11-9-16)25-12-19-26-22(28)20-18(13-29-23(20)27-19)15-6-4-3-5-7-15/h3-11,13-14,21,25H,12H2,1-2H3,(H,26,27,28)/t21-/m0/s1. The lowest BCUT2D eigenvalue weighted by Gasteiger charge is -2.22. The molecule has 2 aromatic carbocycles. The van der Waals surface area contributed by atoms with Gasteiger partial charge in [-0.3, -0.25) is 4.79 Å². The highest BCUT2D eigenvalue weighted by Crippen LogP contribution is 2.30. The minimum absolute atomic E-state index is 0.0276. The van der Waals surface area contributed by atoms with E-state index in [9.17, 15) is 9.18 Å². The molecule has 0 radical (unpaired) electrons. The Morgan fingerprint density at radius 1 is 1.10 bits per heavy atom. The third-order valence-electron chi connectivity index (χ3n) is 4.96. The highest BCUT2D eigenvalue weighted by atomic mass is 32.1. The van der Waals surface area contributed by atoms with Crippen molar-refractivity contribution in [2.24, 2.45) is 5.92 Å². The molecule has 0 amide bonds. The minimum Gasteiger partial charge on any atom is -0.309 e. The molecule has 2 heterocycles. The Morgan fingerprint density at radius 2 is 1.83 bits per heavy atom. The van der Waals surface area contributed by atoms with Crippen LogP contribution in [-0.4, -0.2) is 9.97 Å². The van der Waals surface area contributed by atoms with Crippen molar-refractivity contribution in [3.63, 3.8) is 0 Å². The van der Waals surface area contributed by atoms with Crippen LogP contribution in [0, 0.1) is 11.7 Å². The Morgan fingerprint density at radius 3 is 2.52 bits per heavy atom. The molecule has 2 aromatic heterocycles. The zero-order valence-electron chi connectivity index (χ0n) is 16.3. The van der Waals surface area contributed by atoms with Crippen LogP contribution in [0.3, 0.4) is 0 Å². The molecule has 4 aromatic rings. The van der Waals surface area contributed by atoms with E-state index in [1.54, 1.807) is 12.1 Å². The van der Waals surface area contributed by atoms with Gasteiger partial charge in [0.05, 0.1) is 11.9 Å². The minimum atomic E-state index is -0.250. The number of hydrogen-bond donors (Lipinski definition) is 2. The number of H-pyrrole nitrogens is 1. The van der Waals surface area contributed by atoms with Gasteiger partial charge in [0.25, 0.3) is 5.56 Å². The number of rotatable bonds is 6. The fraction of sp³-hybridized carbons (Fsp3) is 0.217. The van der Waals surface area contributed by atoms with E-state index in [2.05, 4.69) is 29.1 Å². The van der Waals surface area contributed by atoms with Gasteiger partial charge in [0, 0.05) is 17.0 Å². The molecule has 0 spiro atoms. The van der Waals surface area contributed by atoms with Crippen molar-refractivity contribution in [1.82, 2.24) is 15.3 Å². The Labute approximate surface area is 172 Å². The number of hydrogen-bond acceptors (Lipinski definition) is 4. The highest BCUT2D eigenvalue weighted by molar-refractivity contribution is 7.17. The van der Waals surface area contributed by atoms with E-state index in [1.807, 2.05) is 35.7 Å². The molecule has 0 saturated carbocycles. The third kappa shape index (κ3) is 4.13. The number of halogens is 1. The number of nitrogens with one attached hydrogen (secondary N) is 2. The van der Waals surface area contributed by atoms with E-state index in [1.165, 1.54) is 23.5 Å². The predicted molar refractivity (Wildman–Crippen MR) is 116 cm³/mol.